The van der Waals surface area contributed by atoms with Crippen LogP contribution in [0.3, 0.4) is 0 Å². The molecule has 5 nitrogen and oxygen atoms in total. The van der Waals surface area contributed by atoms with Crippen LogP contribution in [-0.4, -0.2) is 29.8 Å². The second kappa shape index (κ2) is 9.55. The summed E-state index contributed by atoms with van der Waals surface area (Å²) in [5.74, 6) is 0.179. The number of nitrogens with one attached hydrogen (secondary N) is 1. The number of rotatable bonds is 8. The van der Waals surface area contributed by atoms with Gasteiger partial charge < -0.3 is 14.6 Å². The van der Waals surface area contributed by atoms with Crippen LogP contribution in [0.4, 0.5) is 0 Å². The average Bonchev–Trinajstić information content (AvgIpc) is 3.22. The van der Waals surface area contributed by atoms with Crippen LogP contribution in [0.25, 0.3) is 0 Å². The molecule has 0 radical (unpaired) electrons. The molecule has 3 aromatic rings. The van der Waals surface area contributed by atoms with Crippen LogP contribution in [0.2, 0.25) is 0 Å². The number of hydrogen-bond donors (Lipinski definition) is 1. The lowest BCUT2D eigenvalue weighted by Crippen LogP contribution is -2.39. The molecular weight excluding hydrogens is 352 g/mol. The molecule has 0 aliphatic heterocycles. The van der Waals surface area contributed by atoms with Gasteiger partial charge in [0.15, 0.2) is 0 Å². The van der Waals surface area contributed by atoms with Gasteiger partial charge in [-0.1, -0.05) is 60.7 Å². The molecule has 0 saturated heterocycles. The topological polar surface area (TPSA) is 62.6 Å². The molecular formula is C23H24N2O3. The van der Waals surface area contributed by atoms with E-state index in [0.717, 1.165) is 11.1 Å². The van der Waals surface area contributed by atoms with E-state index in [2.05, 4.69) is 5.32 Å². The van der Waals surface area contributed by atoms with Crippen LogP contribution in [-0.2, 0) is 16.1 Å². The van der Waals surface area contributed by atoms with Gasteiger partial charge in [0.05, 0.1) is 18.7 Å². The molecule has 1 heterocycles. The van der Waals surface area contributed by atoms with E-state index >= 15 is 0 Å². The first-order chi connectivity index (χ1) is 13.6. The van der Waals surface area contributed by atoms with Gasteiger partial charge in [0, 0.05) is 20.0 Å². The molecule has 3 rings (SSSR count). The van der Waals surface area contributed by atoms with Gasteiger partial charge in [-0.3, -0.25) is 9.59 Å². The van der Waals surface area contributed by atoms with Gasteiger partial charge in [0.25, 0.3) is 0 Å². The molecule has 1 aromatic heterocycles. The van der Waals surface area contributed by atoms with E-state index in [9.17, 15) is 9.59 Å². The summed E-state index contributed by atoms with van der Waals surface area (Å²) in [6.45, 7) is 2.69. The highest BCUT2D eigenvalue weighted by molar-refractivity contribution is 5.87. The third kappa shape index (κ3) is 5.10. The molecule has 5 heteroatoms. The predicted molar refractivity (Wildman–Crippen MR) is 108 cm³/mol. The van der Waals surface area contributed by atoms with E-state index in [-0.39, 0.29) is 11.8 Å². The SMILES string of the molecule is CC(=O)N(CCNC(=O)C(c1ccccc1)c1ccccc1)Cc1ccco1. The molecule has 0 unspecified atom stereocenters. The van der Waals surface area contributed by atoms with Crippen LogP contribution in [0.15, 0.2) is 83.5 Å². The molecule has 0 fully saturated rings. The quantitative estimate of drug-likeness (QED) is 0.654. The van der Waals surface area contributed by atoms with Crippen molar-refractivity contribution in [1.82, 2.24) is 10.2 Å². The van der Waals surface area contributed by atoms with Gasteiger partial charge in [-0.15, -0.1) is 0 Å². The Balaban J connectivity index is 1.66. The molecule has 0 atom stereocenters. The van der Waals surface area contributed by atoms with Crippen LogP contribution in [0.5, 0.6) is 0 Å². The second-order valence-electron chi connectivity index (χ2n) is 6.57. The minimum Gasteiger partial charge on any atom is -0.467 e. The lowest BCUT2D eigenvalue weighted by Gasteiger charge is -2.22. The zero-order valence-corrected chi connectivity index (χ0v) is 15.9. The Morgan fingerprint density at radius 3 is 2.04 bits per heavy atom. The minimum absolute atomic E-state index is 0.0617. The molecule has 0 saturated carbocycles. The molecule has 0 spiro atoms. The van der Waals surface area contributed by atoms with Crippen molar-refractivity contribution in [2.24, 2.45) is 0 Å². The third-order valence-corrected chi connectivity index (χ3v) is 4.58. The first-order valence-electron chi connectivity index (χ1n) is 9.30. The first kappa shape index (κ1) is 19.4. The molecule has 144 valence electrons. The molecule has 0 bridgehead atoms. The van der Waals surface area contributed by atoms with Gasteiger partial charge in [0.1, 0.15) is 5.76 Å². The Labute approximate surface area is 165 Å². The van der Waals surface area contributed by atoms with E-state index in [1.165, 1.54) is 6.92 Å². The van der Waals surface area contributed by atoms with Crippen LogP contribution < -0.4 is 5.32 Å². The zero-order valence-electron chi connectivity index (χ0n) is 15.9. The first-order valence-corrected chi connectivity index (χ1v) is 9.30. The summed E-state index contributed by atoms with van der Waals surface area (Å²) in [6.07, 6.45) is 1.58. The van der Waals surface area contributed by atoms with Crippen molar-refractivity contribution < 1.29 is 14.0 Å². The Hall–Kier alpha value is -3.34. The van der Waals surface area contributed by atoms with Gasteiger partial charge in [0.2, 0.25) is 11.8 Å². The van der Waals surface area contributed by atoms with E-state index < -0.39 is 5.92 Å². The van der Waals surface area contributed by atoms with Crippen LogP contribution in [0, 0.1) is 0 Å². The fourth-order valence-corrected chi connectivity index (χ4v) is 3.14. The van der Waals surface area contributed by atoms with Gasteiger partial charge in [-0.25, -0.2) is 0 Å². The van der Waals surface area contributed by atoms with Gasteiger partial charge in [-0.2, -0.15) is 0 Å². The maximum atomic E-state index is 13.0. The maximum Gasteiger partial charge on any atom is 0.232 e. The lowest BCUT2D eigenvalue weighted by atomic mass is 9.90. The summed E-state index contributed by atoms with van der Waals surface area (Å²) >= 11 is 0. The van der Waals surface area contributed by atoms with Crippen LogP contribution in [0.1, 0.15) is 29.7 Å². The fourth-order valence-electron chi connectivity index (χ4n) is 3.14. The van der Waals surface area contributed by atoms with Crippen molar-refractivity contribution in [3.05, 3.63) is 95.9 Å². The number of furan rings is 1. The Bertz CT molecular complexity index is 837. The van der Waals surface area contributed by atoms with Crippen molar-refractivity contribution in [3.8, 4) is 0 Å². The minimum atomic E-state index is -0.391. The summed E-state index contributed by atoms with van der Waals surface area (Å²) in [7, 11) is 0. The Kier molecular flexibility index (Phi) is 6.63. The van der Waals surface area contributed by atoms with E-state index in [1.54, 1.807) is 17.2 Å². The molecule has 0 aliphatic carbocycles. The summed E-state index contributed by atoms with van der Waals surface area (Å²) in [6, 6.07) is 23.0. The van der Waals surface area contributed by atoms with Crippen molar-refractivity contribution in [2.45, 2.75) is 19.4 Å². The second-order valence-corrected chi connectivity index (χ2v) is 6.57. The molecule has 2 amide bonds. The predicted octanol–water partition coefficient (Wildman–Crippen LogP) is 3.58. The van der Waals surface area contributed by atoms with Crippen LogP contribution >= 0.6 is 0 Å². The lowest BCUT2D eigenvalue weighted by molar-refractivity contribution is -0.130. The average molecular weight is 376 g/mol. The normalized spacial score (nSPS) is 10.6. The number of amides is 2. The molecule has 28 heavy (non-hydrogen) atoms. The number of carbonyl (C=O) groups is 2. The van der Waals surface area contributed by atoms with Gasteiger partial charge >= 0.3 is 0 Å². The number of carbonyl (C=O) groups excluding carboxylic acids is 2. The highest BCUT2D eigenvalue weighted by atomic mass is 16.3. The monoisotopic (exact) mass is 376 g/mol. The smallest absolute Gasteiger partial charge is 0.232 e. The summed E-state index contributed by atoms with van der Waals surface area (Å²) in [5, 5.41) is 2.98. The van der Waals surface area contributed by atoms with E-state index in [0.29, 0.717) is 25.4 Å². The van der Waals surface area contributed by atoms with Crippen molar-refractivity contribution in [2.75, 3.05) is 13.1 Å². The van der Waals surface area contributed by atoms with Crippen molar-refractivity contribution in [1.29, 1.82) is 0 Å². The standard InChI is InChI=1S/C23H24N2O3/c1-18(26)25(17-21-13-8-16-28-21)15-14-24-23(27)22(19-9-4-2-5-10-19)20-11-6-3-7-12-20/h2-13,16,22H,14-15,17H2,1H3,(H,24,27). The highest BCUT2D eigenvalue weighted by Crippen LogP contribution is 2.24. The largest absolute Gasteiger partial charge is 0.467 e. The third-order valence-electron chi connectivity index (χ3n) is 4.58. The molecule has 0 aliphatic rings. The number of benzene rings is 2. The van der Waals surface area contributed by atoms with E-state index in [4.69, 9.17) is 4.42 Å². The summed E-state index contributed by atoms with van der Waals surface area (Å²) in [4.78, 5) is 26.5. The summed E-state index contributed by atoms with van der Waals surface area (Å²) < 4.78 is 5.31. The molecule has 1 N–H and O–H groups in total. The number of hydrogen-bond acceptors (Lipinski definition) is 3. The van der Waals surface area contributed by atoms with Crippen molar-refractivity contribution in [3.63, 3.8) is 0 Å². The maximum absolute atomic E-state index is 13.0. The molecule has 2 aromatic carbocycles. The Morgan fingerprint density at radius 2 is 1.54 bits per heavy atom. The van der Waals surface area contributed by atoms with E-state index in [1.807, 2.05) is 66.7 Å². The number of nitrogens with zero attached hydrogens (tertiary/aromatic N) is 1. The van der Waals surface area contributed by atoms with Crippen molar-refractivity contribution >= 4 is 11.8 Å². The Morgan fingerprint density at radius 1 is 0.929 bits per heavy atom. The zero-order chi connectivity index (χ0) is 19.8. The fraction of sp³-hybridized carbons (Fsp3) is 0.217. The van der Waals surface area contributed by atoms with Gasteiger partial charge in [-0.05, 0) is 23.3 Å². The highest BCUT2D eigenvalue weighted by Gasteiger charge is 2.22. The summed E-state index contributed by atoms with van der Waals surface area (Å²) in [5.41, 5.74) is 1.87.